The lowest BCUT2D eigenvalue weighted by molar-refractivity contribution is -0.0449. The minimum absolute atomic E-state index is 0.214. The summed E-state index contributed by atoms with van der Waals surface area (Å²) in [5, 5.41) is 6.60. The second kappa shape index (κ2) is 8.43. The normalized spacial score (nSPS) is 28.1. The first-order valence-electron chi connectivity index (χ1n) is 12.3. The number of hydrogen-bond acceptors (Lipinski definition) is 6. The van der Waals surface area contributed by atoms with Gasteiger partial charge < -0.3 is 10.6 Å². The fourth-order valence-corrected chi connectivity index (χ4v) is 7.00. The molecule has 4 fully saturated rings. The van der Waals surface area contributed by atoms with Crippen molar-refractivity contribution < 1.29 is 14.0 Å². The molecule has 184 valence electrons. The van der Waals surface area contributed by atoms with E-state index in [2.05, 4.69) is 30.6 Å². The minimum atomic E-state index is -0.395. The molecule has 1 aromatic carbocycles. The molecule has 4 saturated carbocycles. The molecule has 8 nitrogen and oxygen atoms in total. The molecule has 2 N–H and O–H groups in total. The molecule has 4 aliphatic carbocycles. The molecule has 9 heteroatoms. The number of aromatic nitrogens is 4. The molecule has 0 radical (unpaired) electrons. The predicted octanol–water partition coefficient (Wildman–Crippen LogP) is 3.63. The van der Waals surface area contributed by atoms with Crippen molar-refractivity contribution in [3.63, 3.8) is 0 Å². The number of amides is 2. The van der Waals surface area contributed by atoms with E-state index in [-0.39, 0.29) is 28.9 Å². The second-order valence-corrected chi connectivity index (χ2v) is 10.8. The van der Waals surface area contributed by atoms with Crippen molar-refractivity contribution in [1.29, 1.82) is 0 Å². The van der Waals surface area contributed by atoms with Crippen molar-refractivity contribution in [2.45, 2.75) is 56.5 Å². The number of carbonyl (C=O) groups is 2. The van der Waals surface area contributed by atoms with Gasteiger partial charge in [-0.1, -0.05) is 0 Å². The number of nitrogens with zero attached hydrogens (tertiary/aromatic N) is 4. The van der Waals surface area contributed by atoms with Crippen LogP contribution in [0.2, 0.25) is 0 Å². The molecule has 4 aliphatic rings. The monoisotopic (exact) mass is 486 g/mol. The largest absolute Gasteiger partial charge is 0.345 e. The maximum absolute atomic E-state index is 13.4. The van der Waals surface area contributed by atoms with Crippen LogP contribution >= 0.6 is 0 Å². The average molecular weight is 487 g/mol. The summed E-state index contributed by atoms with van der Waals surface area (Å²) in [5.41, 5.74) is 1.79. The maximum Gasteiger partial charge on any atom is 0.271 e. The molecule has 2 atom stereocenters. The molecular weight excluding hydrogens is 459 g/mol. The molecule has 0 saturated heterocycles. The predicted molar refractivity (Wildman–Crippen MR) is 129 cm³/mol. The zero-order valence-electron chi connectivity index (χ0n) is 20.0. The van der Waals surface area contributed by atoms with Gasteiger partial charge in [0.2, 0.25) is 0 Å². The number of aryl methyl sites for hydroxylation is 1. The van der Waals surface area contributed by atoms with Gasteiger partial charge in [0.25, 0.3) is 11.8 Å². The molecule has 36 heavy (non-hydrogen) atoms. The summed E-state index contributed by atoms with van der Waals surface area (Å²) in [5.74, 6) is 0.0809. The van der Waals surface area contributed by atoms with E-state index in [1.165, 1.54) is 24.7 Å². The van der Waals surface area contributed by atoms with Crippen LogP contribution in [-0.2, 0) is 0 Å². The van der Waals surface area contributed by atoms with Crippen LogP contribution in [0.3, 0.4) is 0 Å². The van der Waals surface area contributed by atoms with Crippen LogP contribution in [0, 0.1) is 24.6 Å². The number of rotatable bonds is 5. The Balaban J connectivity index is 1.22. The van der Waals surface area contributed by atoms with Crippen molar-refractivity contribution in [3.05, 3.63) is 72.0 Å². The van der Waals surface area contributed by atoms with E-state index in [4.69, 9.17) is 0 Å². The summed E-state index contributed by atoms with van der Waals surface area (Å²) in [6.45, 7) is 1.81. The van der Waals surface area contributed by atoms with Gasteiger partial charge in [0, 0.05) is 22.8 Å². The number of nitrogens with one attached hydrogen (secondary N) is 2. The highest BCUT2D eigenvalue weighted by atomic mass is 19.1. The van der Waals surface area contributed by atoms with Gasteiger partial charge in [-0.05, 0) is 87.6 Å². The Morgan fingerprint density at radius 1 is 0.917 bits per heavy atom. The molecule has 0 spiro atoms. The van der Waals surface area contributed by atoms with Crippen LogP contribution in [0.25, 0.3) is 11.3 Å². The van der Waals surface area contributed by atoms with Crippen molar-refractivity contribution in [2.24, 2.45) is 11.8 Å². The topological polar surface area (TPSA) is 110 Å². The molecule has 3 aromatic rings. The standard InChI is InChI=1S/C27H27FN6O2/c1-16-12-29-13-23(32-16)25(36)34-27-10-17-6-18(11-27)9-26(8-17,14-27)33-24(35)22-7-21(30-15-31-22)19-2-4-20(28)5-3-19/h2-5,7,12-13,15,17-18H,6,8-11,14H2,1H3,(H,33,35)(H,34,36). The highest BCUT2D eigenvalue weighted by Crippen LogP contribution is 2.57. The van der Waals surface area contributed by atoms with Gasteiger partial charge in [-0.15, -0.1) is 0 Å². The Labute approximate surface area is 208 Å². The van der Waals surface area contributed by atoms with E-state index >= 15 is 0 Å². The molecule has 2 unspecified atom stereocenters. The molecule has 4 bridgehead atoms. The van der Waals surface area contributed by atoms with E-state index < -0.39 is 5.54 Å². The van der Waals surface area contributed by atoms with Gasteiger partial charge in [0.05, 0.1) is 17.6 Å². The summed E-state index contributed by atoms with van der Waals surface area (Å²) in [6, 6.07) is 7.62. The SMILES string of the molecule is Cc1cncc(C(=O)NC23CC4CC(CC(NC(=O)c5cc(-c6ccc(F)cc6)ncn5)(C4)C2)C3)n1. The van der Waals surface area contributed by atoms with Crippen LogP contribution in [-0.4, -0.2) is 42.8 Å². The zero-order valence-corrected chi connectivity index (χ0v) is 20.0. The van der Waals surface area contributed by atoms with E-state index in [1.54, 1.807) is 24.4 Å². The van der Waals surface area contributed by atoms with Gasteiger partial charge in [-0.25, -0.2) is 19.3 Å². The molecule has 2 aromatic heterocycles. The number of hydrogen-bond donors (Lipinski definition) is 2. The summed E-state index contributed by atoms with van der Waals surface area (Å²) < 4.78 is 13.3. The molecular formula is C27H27FN6O2. The highest BCUT2D eigenvalue weighted by Gasteiger charge is 2.59. The quantitative estimate of drug-likeness (QED) is 0.570. The number of halogens is 1. The summed E-state index contributed by atoms with van der Waals surface area (Å²) >= 11 is 0. The lowest BCUT2D eigenvalue weighted by atomic mass is 9.49. The number of benzene rings is 1. The Morgan fingerprint density at radius 2 is 1.56 bits per heavy atom. The van der Waals surface area contributed by atoms with Gasteiger partial charge >= 0.3 is 0 Å². The van der Waals surface area contributed by atoms with Gasteiger partial charge in [-0.3, -0.25) is 14.6 Å². The third-order valence-corrected chi connectivity index (χ3v) is 7.85. The highest BCUT2D eigenvalue weighted by molar-refractivity contribution is 5.94. The Morgan fingerprint density at radius 3 is 2.19 bits per heavy atom. The van der Waals surface area contributed by atoms with Crippen molar-refractivity contribution in [1.82, 2.24) is 30.6 Å². The van der Waals surface area contributed by atoms with Crippen molar-refractivity contribution in [3.8, 4) is 11.3 Å². The number of carbonyl (C=O) groups excluding carboxylic acids is 2. The lowest BCUT2D eigenvalue weighted by Crippen LogP contribution is -2.70. The molecule has 7 rings (SSSR count). The third kappa shape index (κ3) is 4.23. The van der Waals surface area contributed by atoms with Crippen molar-refractivity contribution >= 4 is 11.8 Å². The first kappa shape index (κ1) is 22.7. The van der Waals surface area contributed by atoms with Gasteiger partial charge in [0.15, 0.2) is 0 Å². The maximum atomic E-state index is 13.4. The lowest BCUT2D eigenvalue weighted by Gasteiger charge is -2.62. The third-order valence-electron chi connectivity index (χ3n) is 7.85. The first-order valence-corrected chi connectivity index (χ1v) is 12.3. The van der Waals surface area contributed by atoms with Crippen LogP contribution in [0.15, 0.2) is 49.1 Å². The Hall–Kier alpha value is -3.75. The Kier molecular flexibility index (Phi) is 5.31. The summed E-state index contributed by atoms with van der Waals surface area (Å²) in [6.07, 6.45) is 9.90. The van der Waals surface area contributed by atoms with E-state index in [0.717, 1.165) is 32.1 Å². The summed E-state index contributed by atoms with van der Waals surface area (Å²) in [7, 11) is 0. The van der Waals surface area contributed by atoms with Crippen LogP contribution in [0.5, 0.6) is 0 Å². The fraction of sp³-hybridized carbons (Fsp3) is 0.407. The van der Waals surface area contributed by atoms with E-state index in [0.29, 0.717) is 40.9 Å². The molecule has 0 aliphatic heterocycles. The average Bonchev–Trinajstić information content (AvgIpc) is 2.83. The second-order valence-electron chi connectivity index (χ2n) is 10.8. The van der Waals surface area contributed by atoms with Crippen LogP contribution in [0.4, 0.5) is 4.39 Å². The smallest absolute Gasteiger partial charge is 0.271 e. The van der Waals surface area contributed by atoms with Crippen LogP contribution < -0.4 is 10.6 Å². The minimum Gasteiger partial charge on any atom is -0.345 e. The fourth-order valence-electron chi connectivity index (χ4n) is 7.00. The van der Waals surface area contributed by atoms with E-state index in [9.17, 15) is 14.0 Å². The Bertz CT molecular complexity index is 1330. The zero-order chi connectivity index (χ0) is 24.9. The van der Waals surface area contributed by atoms with Gasteiger partial charge in [0.1, 0.15) is 23.5 Å². The van der Waals surface area contributed by atoms with Gasteiger partial charge in [-0.2, -0.15) is 0 Å². The van der Waals surface area contributed by atoms with E-state index in [1.807, 2.05) is 6.92 Å². The first-order chi connectivity index (χ1) is 17.3. The van der Waals surface area contributed by atoms with Crippen LogP contribution in [0.1, 0.15) is 65.2 Å². The van der Waals surface area contributed by atoms with Crippen molar-refractivity contribution in [2.75, 3.05) is 0 Å². The molecule has 2 amide bonds. The summed E-state index contributed by atoms with van der Waals surface area (Å²) in [4.78, 5) is 43.4. The molecule has 2 heterocycles.